The van der Waals surface area contributed by atoms with Gasteiger partial charge in [-0.2, -0.15) is 0 Å². The minimum Gasteiger partial charge on any atom is -0.387 e. The van der Waals surface area contributed by atoms with Crippen LogP contribution in [0.15, 0.2) is 18.2 Å². The van der Waals surface area contributed by atoms with Crippen molar-refractivity contribution < 1.29 is 5.11 Å². The number of hydrogen-bond acceptors (Lipinski definition) is 2. The molecule has 1 saturated heterocycles. The summed E-state index contributed by atoms with van der Waals surface area (Å²) in [6, 6.07) is 6.53. The van der Waals surface area contributed by atoms with E-state index in [9.17, 15) is 5.11 Å². The molecule has 0 aromatic heterocycles. The normalized spacial score (nSPS) is 19.1. The molecule has 112 valence electrons. The summed E-state index contributed by atoms with van der Waals surface area (Å²) in [6.45, 7) is 11.8. The third-order valence-corrected chi connectivity index (χ3v) is 4.38. The Balaban J connectivity index is 2.13. The van der Waals surface area contributed by atoms with Crippen molar-refractivity contribution in [1.82, 2.24) is 4.90 Å². The first-order chi connectivity index (χ1) is 9.38. The van der Waals surface area contributed by atoms with E-state index in [2.05, 4.69) is 50.8 Å². The van der Waals surface area contributed by atoms with E-state index in [-0.39, 0.29) is 11.5 Å². The molecule has 1 unspecified atom stereocenters. The van der Waals surface area contributed by atoms with Gasteiger partial charge in [-0.25, -0.2) is 0 Å². The third kappa shape index (κ3) is 3.83. The Labute approximate surface area is 123 Å². The van der Waals surface area contributed by atoms with Gasteiger partial charge in [0.25, 0.3) is 0 Å². The molecule has 1 aromatic rings. The predicted octanol–water partition coefficient (Wildman–Crippen LogP) is 3.81. The lowest BCUT2D eigenvalue weighted by Crippen LogP contribution is -2.33. The molecule has 1 fully saturated rings. The highest BCUT2D eigenvalue weighted by Gasteiger charge is 2.20. The molecule has 1 N–H and O–H groups in total. The van der Waals surface area contributed by atoms with E-state index in [1.807, 2.05) is 0 Å². The second-order valence-corrected chi connectivity index (χ2v) is 7.20. The molecule has 2 nitrogen and oxygen atoms in total. The van der Waals surface area contributed by atoms with Gasteiger partial charge in [-0.1, -0.05) is 45.4 Å². The molecule has 0 spiro atoms. The Hall–Kier alpha value is -0.860. The number of benzene rings is 1. The first-order valence-corrected chi connectivity index (χ1v) is 7.89. The van der Waals surface area contributed by atoms with Gasteiger partial charge in [0.15, 0.2) is 0 Å². The van der Waals surface area contributed by atoms with Gasteiger partial charge < -0.3 is 10.0 Å². The van der Waals surface area contributed by atoms with Crippen molar-refractivity contribution in [3.05, 3.63) is 34.9 Å². The molecular formula is C18H29NO. The van der Waals surface area contributed by atoms with Crippen LogP contribution in [0, 0.1) is 6.92 Å². The van der Waals surface area contributed by atoms with Crippen molar-refractivity contribution in [1.29, 1.82) is 0 Å². The smallest absolute Gasteiger partial charge is 0.0919 e. The lowest BCUT2D eigenvalue weighted by molar-refractivity contribution is 0.101. The van der Waals surface area contributed by atoms with E-state index in [1.165, 1.54) is 30.4 Å². The van der Waals surface area contributed by atoms with Crippen LogP contribution in [-0.2, 0) is 5.41 Å². The van der Waals surface area contributed by atoms with E-state index in [0.29, 0.717) is 0 Å². The van der Waals surface area contributed by atoms with Crippen LogP contribution in [0.4, 0.5) is 0 Å². The maximum atomic E-state index is 10.6. The van der Waals surface area contributed by atoms with Crippen LogP contribution in [0.1, 0.15) is 62.8 Å². The monoisotopic (exact) mass is 275 g/mol. The summed E-state index contributed by atoms with van der Waals surface area (Å²) in [7, 11) is 0. The summed E-state index contributed by atoms with van der Waals surface area (Å²) < 4.78 is 0. The highest BCUT2D eigenvalue weighted by molar-refractivity contribution is 5.36. The molecule has 1 aliphatic rings. The van der Waals surface area contributed by atoms with Gasteiger partial charge in [-0.15, -0.1) is 0 Å². The molecule has 0 radical (unpaired) electrons. The van der Waals surface area contributed by atoms with Gasteiger partial charge in [-0.05, 0) is 55.0 Å². The molecule has 2 rings (SSSR count). The van der Waals surface area contributed by atoms with E-state index in [1.54, 1.807) is 0 Å². The number of aliphatic hydroxyl groups is 1. The maximum absolute atomic E-state index is 10.6. The largest absolute Gasteiger partial charge is 0.387 e. The van der Waals surface area contributed by atoms with Gasteiger partial charge >= 0.3 is 0 Å². The number of aryl methyl sites for hydroxylation is 1. The molecule has 1 atom stereocenters. The van der Waals surface area contributed by atoms with Gasteiger partial charge in [0.2, 0.25) is 0 Å². The topological polar surface area (TPSA) is 23.5 Å². The molecule has 0 amide bonds. The molecule has 1 aromatic carbocycles. The molecule has 1 aliphatic heterocycles. The first kappa shape index (κ1) is 15.5. The second-order valence-electron chi connectivity index (χ2n) is 7.20. The van der Waals surface area contributed by atoms with Crippen molar-refractivity contribution in [2.75, 3.05) is 19.6 Å². The molecule has 2 heteroatoms. The highest BCUT2D eigenvalue weighted by Crippen LogP contribution is 2.28. The van der Waals surface area contributed by atoms with Crippen LogP contribution in [-0.4, -0.2) is 29.6 Å². The Morgan fingerprint density at radius 3 is 2.40 bits per heavy atom. The first-order valence-electron chi connectivity index (χ1n) is 7.89. The van der Waals surface area contributed by atoms with Crippen molar-refractivity contribution in [2.45, 2.75) is 58.5 Å². The van der Waals surface area contributed by atoms with Gasteiger partial charge in [0.1, 0.15) is 0 Å². The molecule has 0 saturated carbocycles. The molecular weight excluding hydrogens is 246 g/mol. The van der Waals surface area contributed by atoms with Crippen molar-refractivity contribution in [2.24, 2.45) is 0 Å². The molecule has 20 heavy (non-hydrogen) atoms. The SMILES string of the molecule is Cc1ccc(C(C)(C)C)cc1C(O)CN1CCCCC1. The fourth-order valence-corrected chi connectivity index (χ4v) is 2.95. The highest BCUT2D eigenvalue weighted by atomic mass is 16.3. The number of piperidine rings is 1. The van der Waals surface area contributed by atoms with Gasteiger partial charge in [-0.3, -0.25) is 0 Å². The summed E-state index contributed by atoms with van der Waals surface area (Å²) in [4.78, 5) is 2.40. The summed E-state index contributed by atoms with van der Waals surface area (Å²) in [5.41, 5.74) is 3.73. The molecule has 0 bridgehead atoms. The Morgan fingerprint density at radius 1 is 1.15 bits per heavy atom. The van der Waals surface area contributed by atoms with Gasteiger partial charge in [0, 0.05) is 6.54 Å². The van der Waals surface area contributed by atoms with Crippen LogP contribution in [0.25, 0.3) is 0 Å². The maximum Gasteiger partial charge on any atom is 0.0919 e. The quantitative estimate of drug-likeness (QED) is 0.906. The lowest BCUT2D eigenvalue weighted by atomic mass is 9.84. The number of rotatable bonds is 3. The second kappa shape index (κ2) is 6.28. The standard InChI is InChI=1S/C18H29NO/c1-14-8-9-15(18(2,3)4)12-16(14)17(20)13-19-10-6-5-7-11-19/h8-9,12,17,20H,5-7,10-11,13H2,1-4H3. The van der Waals surface area contributed by atoms with Crippen molar-refractivity contribution >= 4 is 0 Å². The zero-order valence-corrected chi connectivity index (χ0v) is 13.4. The lowest BCUT2D eigenvalue weighted by Gasteiger charge is -2.29. The number of nitrogens with zero attached hydrogens (tertiary/aromatic N) is 1. The zero-order valence-electron chi connectivity index (χ0n) is 13.4. The number of likely N-dealkylation sites (tertiary alicyclic amines) is 1. The Morgan fingerprint density at radius 2 is 1.80 bits per heavy atom. The number of hydrogen-bond donors (Lipinski definition) is 1. The minimum atomic E-state index is -0.365. The van der Waals surface area contributed by atoms with E-state index in [0.717, 1.165) is 25.2 Å². The van der Waals surface area contributed by atoms with Crippen LogP contribution in [0.2, 0.25) is 0 Å². The van der Waals surface area contributed by atoms with Crippen LogP contribution in [0.3, 0.4) is 0 Å². The van der Waals surface area contributed by atoms with Gasteiger partial charge in [0.05, 0.1) is 6.10 Å². The minimum absolute atomic E-state index is 0.132. The van der Waals surface area contributed by atoms with E-state index < -0.39 is 0 Å². The third-order valence-electron chi connectivity index (χ3n) is 4.38. The Kier molecular flexibility index (Phi) is 4.87. The van der Waals surface area contributed by atoms with E-state index >= 15 is 0 Å². The summed E-state index contributed by atoms with van der Waals surface area (Å²) in [5, 5.41) is 10.6. The summed E-state index contributed by atoms with van der Waals surface area (Å²) in [6.07, 6.45) is 3.52. The van der Waals surface area contributed by atoms with Crippen LogP contribution < -0.4 is 0 Å². The van der Waals surface area contributed by atoms with Crippen LogP contribution in [0.5, 0.6) is 0 Å². The predicted molar refractivity (Wildman–Crippen MR) is 85.1 cm³/mol. The average molecular weight is 275 g/mol. The summed E-state index contributed by atoms with van der Waals surface area (Å²) >= 11 is 0. The fraction of sp³-hybridized carbons (Fsp3) is 0.667. The molecule has 1 heterocycles. The number of β-amino-alcohol motifs (C(OH)–C–C–N with tert-alkyl or cyclic N) is 1. The zero-order chi connectivity index (χ0) is 14.8. The Bertz CT molecular complexity index is 441. The van der Waals surface area contributed by atoms with E-state index in [4.69, 9.17) is 0 Å². The molecule has 0 aliphatic carbocycles. The summed E-state index contributed by atoms with van der Waals surface area (Å²) in [5.74, 6) is 0. The van der Waals surface area contributed by atoms with Crippen LogP contribution >= 0.6 is 0 Å². The average Bonchev–Trinajstić information content (AvgIpc) is 2.39. The van der Waals surface area contributed by atoms with Crippen molar-refractivity contribution in [3.8, 4) is 0 Å². The van der Waals surface area contributed by atoms with Crippen molar-refractivity contribution in [3.63, 3.8) is 0 Å². The fourth-order valence-electron chi connectivity index (χ4n) is 2.95. The number of aliphatic hydroxyl groups excluding tert-OH is 1.